The van der Waals surface area contributed by atoms with Crippen LogP contribution in [0.25, 0.3) is 0 Å². The van der Waals surface area contributed by atoms with E-state index in [1.807, 2.05) is 59.5 Å². The summed E-state index contributed by atoms with van der Waals surface area (Å²) in [5.74, 6) is -0.188. The molecule has 2 fully saturated rings. The molecule has 4 heterocycles. The standard InChI is InChI=1S/C33H36Br2N6O4/c34-27-6-5-23(21-28(27)35)22-30(31(42)39-19-17-38(18-20-39)25-7-12-36-13-8-25)45-33(44)40-14-10-26(11-15-40)41-16-9-24-3-1-2-4-29(24)37-32(41)43/h1-8,12-13,21,26,30H,9-11,14-20,22H2,(H,37,43)/t30-/m1/s1. The van der Waals surface area contributed by atoms with Crippen molar-refractivity contribution in [3.63, 3.8) is 0 Å². The number of amides is 4. The number of benzene rings is 2. The summed E-state index contributed by atoms with van der Waals surface area (Å²) in [6.45, 7) is 3.97. The SMILES string of the molecule is O=C(O[C@H](Cc1ccc(Br)c(Br)c1)C(=O)N1CCN(c2ccncc2)CC1)N1CCC(N2CCc3ccccc3NC2=O)CC1. The largest absolute Gasteiger partial charge is 0.436 e. The maximum atomic E-state index is 13.9. The van der Waals surface area contributed by atoms with Crippen molar-refractivity contribution in [2.75, 3.05) is 56.0 Å². The number of carbonyl (C=O) groups excluding carboxylic acids is 3. The van der Waals surface area contributed by atoms with Crippen molar-refractivity contribution >= 4 is 61.3 Å². The van der Waals surface area contributed by atoms with Crippen molar-refractivity contribution in [2.45, 2.75) is 37.8 Å². The van der Waals surface area contributed by atoms with Crippen molar-refractivity contribution in [1.82, 2.24) is 19.7 Å². The molecular weight excluding hydrogens is 704 g/mol. The van der Waals surface area contributed by atoms with Crippen molar-refractivity contribution in [2.24, 2.45) is 0 Å². The Balaban J connectivity index is 1.08. The van der Waals surface area contributed by atoms with Gasteiger partial charge in [-0.05, 0) is 92.6 Å². The maximum absolute atomic E-state index is 13.9. The van der Waals surface area contributed by atoms with Gasteiger partial charge in [0.2, 0.25) is 0 Å². The molecule has 0 aliphatic carbocycles. The van der Waals surface area contributed by atoms with E-state index >= 15 is 0 Å². The van der Waals surface area contributed by atoms with Gasteiger partial charge in [0.15, 0.2) is 6.10 Å². The van der Waals surface area contributed by atoms with Gasteiger partial charge in [0.05, 0.1) is 0 Å². The van der Waals surface area contributed by atoms with E-state index in [9.17, 15) is 14.4 Å². The second-order valence-corrected chi connectivity index (χ2v) is 13.3. The van der Waals surface area contributed by atoms with Crippen LogP contribution in [0.3, 0.4) is 0 Å². The number of fused-ring (bicyclic) bond motifs is 1. The highest BCUT2D eigenvalue weighted by Crippen LogP contribution is 2.27. The lowest BCUT2D eigenvalue weighted by Gasteiger charge is -2.39. The fourth-order valence-electron chi connectivity index (χ4n) is 6.30. The molecule has 0 saturated carbocycles. The monoisotopic (exact) mass is 738 g/mol. The van der Waals surface area contributed by atoms with Crippen LogP contribution in [0.15, 0.2) is 75.9 Å². The van der Waals surface area contributed by atoms with E-state index < -0.39 is 12.2 Å². The number of piperazine rings is 1. The third-order valence-corrected chi connectivity index (χ3v) is 10.7. The van der Waals surface area contributed by atoms with Gasteiger partial charge in [-0.3, -0.25) is 9.78 Å². The number of hydrogen-bond acceptors (Lipinski definition) is 6. The number of carbonyl (C=O) groups is 3. The topological polar surface area (TPSA) is 98.3 Å². The first-order valence-corrected chi connectivity index (χ1v) is 16.9. The van der Waals surface area contributed by atoms with Crippen LogP contribution in [0.5, 0.6) is 0 Å². The zero-order chi connectivity index (χ0) is 31.3. The van der Waals surface area contributed by atoms with Crippen LogP contribution in [-0.2, 0) is 22.4 Å². The molecule has 0 unspecified atom stereocenters. The Kier molecular flexibility index (Phi) is 9.89. The van der Waals surface area contributed by atoms with E-state index in [0.29, 0.717) is 58.7 Å². The molecule has 3 aromatic rings. The molecule has 0 radical (unpaired) electrons. The summed E-state index contributed by atoms with van der Waals surface area (Å²) in [5, 5.41) is 3.04. The highest BCUT2D eigenvalue weighted by Gasteiger charge is 2.35. The van der Waals surface area contributed by atoms with E-state index in [4.69, 9.17) is 4.74 Å². The van der Waals surface area contributed by atoms with Crippen LogP contribution in [0.2, 0.25) is 0 Å². The van der Waals surface area contributed by atoms with Crippen molar-refractivity contribution < 1.29 is 19.1 Å². The number of likely N-dealkylation sites (tertiary alicyclic amines) is 1. The number of aromatic nitrogens is 1. The second kappa shape index (κ2) is 14.2. The van der Waals surface area contributed by atoms with Gasteiger partial charge in [0.25, 0.3) is 5.91 Å². The molecule has 2 aromatic carbocycles. The zero-order valence-electron chi connectivity index (χ0n) is 24.9. The van der Waals surface area contributed by atoms with Crippen LogP contribution in [-0.4, -0.2) is 95.7 Å². The molecular formula is C33H36Br2N6O4. The molecule has 10 nitrogen and oxygen atoms in total. The Morgan fingerprint density at radius 3 is 2.36 bits per heavy atom. The second-order valence-electron chi connectivity index (χ2n) is 11.6. The average Bonchev–Trinajstić information content (AvgIpc) is 3.24. The first kappa shape index (κ1) is 31.3. The summed E-state index contributed by atoms with van der Waals surface area (Å²) in [4.78, 5) is 52.1. The number of piperidine rings is 1. The first-order chi connectivity index (χ1) is 21.9. The molecule has 0 spiro atoms. The van der Waals surface area contributed by atoms with Gasteiger partial charge in [-0.15, -0.1) is 0 Å². The Morgan fingerprint density at radius 1 is 0.889 bits per heavy atom. The quantitative estimate of drug-likeness (QED) is 0.356. The van der Waals surface area contributed by atoms with Crippen LogP contribution in [0.1, 0.15) is 24.0 Å². The lowest BCUT2D eigenvalue weighted by atomic mass is 10.0. The third-order valence-electron chi connectivity index (χ3n) is 8.85. The van der Waals surface area contributed by atoms with E-state index in [-0.39, 0.29) is 24.4 Å². The van der Waals surface area contributed by atoms with Crippen molar-refractivity contribution in [1.29, 1.82) is 0 Å². The molecule has 236 valence electrons. The number of hydrogen-bond donors (Lipinski definition) is 1. The lowest BCUT2D eigenvalue weighted by molar-refractivity contribution is -0.141. The minimum absolute atomic E-state index is 0.0256. The molecule has 45 heavy (non-hydrogen) atoms. The lowest BCUT2D eigenvalue weighted by Crippen LogP contribution is -2.54. The first-order valence-electron chi connectivity index (χ1n) is 15.3. The Labute approximate surface area is 280 Å². The smallest absolute Gasteiger partial charge is 0.410 e. The summed E-state index contributed by atoms with van der Waals surface area (Å²) in [6.07, 6.45) is 4.43. The molecule has 6 rings (SSSR count). The van der Waals surface area contributed by atoms with E-state index in [1.54, 1.807) is 22.2 Å². The number of rotatable bonds is 6. The molecule has 1 atom stereocenters. The Hall–Kier alpha value is -3.64. The van der Waals surface area contributed by atoms with Crippen LogP contribution in [0, 0.1) is 0 Å². The zero-order valence-corrected chi connectivity index (χ0v) is 28.1. The fourth-order valence-corrected chi connectivity index (χ4v) is 6.97. The summed E-state index contributed by atoms with van der Waals surface area (Å²) >= 11 is 7.05. The van der Waals surface area contributed by atoms with E-state index in [1.165, 1.54) is 0 Å². The van der Waals surface area contributed by atoms with Gasteiger partial charge in [-0.25, -0.2) is 9.59 Å². The molecule has 1 aromatic heterocycles. The highest BCUT2D eigenvalue weighted by molar-refractivity contribution is 9.13. The van der Waals surface area contributed by atoms with Crippen LogP contribution < -0.4 is 10.2 Å². The van der Waals surface area contributed by atoms with Gasteiger partial charge in [0, 0.05) is 91.0 Å². The highest BCUT2D eigenvalue weighted by atomic mass is 79.9. The molecule has 12 heteroatoms. The predicted molar refractivity (Wildman–Crippen MR) is 179 cm³/mol. The minimum atomic E-state index is -0.953. The number of urea groups is 1. The average molecular weight is 740 g/mol. The fraction of sp³-hybridized carbons (Fsp3) is 0.394. The number of anilines is 2. The third kappa shape index (κ3) is 7.44. The van der Waals surface area contributed by atoms with Crippen molar-refractivity contribution in [3.8, 4) is 0 Å². The minimum Gasteiger partial charge on any atom is -0.436 e. The summed E-state index contributed by atoms with van der Waals surface area (Å²) in [7, 11) is 0. The van der Waals surface area contributed by atoms with Gasteiger partial charge in [-0.1, -0.05) is 24.3 Å². The van der Waals surface area contributed by atoms with Gasteiger partial charge in [0.1, 0.15) is 0 Å². The normalized spacial score (nSPS) is 18.1. The molecule has 2 saturated heterocycles. The van der Waals surface area contributed by atoms with Crippen LogP contribution in [0.4, 0.5) is 21.0 Å². The molecule has 3 aliphatic rings. The molecule has 0 bridgehead atoms. The molecule has 3 aliphatic heterocycles. The summed E-state index contributed by atoms with van der Waals surface area (Å²) < 4.78 is 7.78. The van der Waals surface area contributed by atoms with E-state index in [2.05, 4.69) is 47.1 Å². The number of para-hydroxylation sites is 1. The molecule has 4 amide bonds. The van der Waals surface area contributed by atoms with Gasteiger partial charge in [-0.2, -0.15) is 0 Å². The Morgan fingerprint density at radius 2 is 1.62 bits per heavy atom. The number of halogens is 2. The summed E-state index contributed by atoms with van der Waals surface area (Å²) in [5.41, 5.74) is 3.95. The maximum Gasteiger partial charge on any atom is 0.410 e. The Bertz CT molecular complexity index is 1530. The van der Waals surface area contributed by atoms with Crippen LogP contribution >= 0.6 is 31.9 Å². The number of nitrogens with one attached hydrogen (secondary N) is 1. The molecule has 1 N–H and O–H groups in total. The van der Waals surface area contributed by atoms with Crippen molar-refractivity contribution in [3.05, 3.63) is 87.1 Å². The van der Waals surface area contributed by atoms with Gasteiger partial charge >= 0.3 is 12.1 Å². The number of ether oxygens (including phenoxy) is 1. The van der Waals surface area contributed by atoms with E-state index in [0.717, 1.165) is 37.9 Å². The summed E-state index contributed by atoms with van der Waals surface area (Å²) in [6, 6.07) is 17.5. The number of nitrogens with zero attached hydrogens (tertiary/aromatic N) is 5. The van der Waals surface area contributed by atoms with Gasteiger partial charge < -0.3 is 29.7 Å². The predicted octanol–water partition coefficient (Wildman–Crippen LogP) is 5.56. The number of pyridine rings is 1.